The van der Waals surface area contributed by atoms with Gasteiger partial charge in [0.05, 0.1) is 22.6 Å². The van der Waals surface area contributed by atoms with Crippen molar-refractivity contribution in [2.45, 2.75) is 26.2 Å². The summed E-state index contributed by atoms with van der Waals surface area (Å²) in [7, 11) is 0. The van der Waals surface area contributed by atoms with Crippen LogP contribution in [0.3, 0.4) is 0 Å². The minimum atomic E-state index is -0.0153. The predicted octanol–water partition coefficient (Wildman–Crippen LogP) is 3.23. The number of aromatic nitrogens is 2. The zero-order valence-electron chi connectivity index (χ0n) is 11.5. The number of anilines is 2. The van der Waals surface area contributed by atoms with Crippen LogP contribution in [0, 0.1) is 6.92 Å². The average Bonchev–Trinajstić information content (AvgIpc) is 2.78. The Morgan fingerprint density at radius 2 is 2.14 bits per heavy atom. The maximum absolute atomic E-state index is 11.7. The number of hydrogen-bond donors (Lipinski definition) is 2. The first-order valence-corrected chi connectivity index (χ1v) is 6.94. The molecule has 0 aliphatic carbocycles. The van der Waals surface area contributed by atoms with Crippen LogP contribution in [0.15, 0.2) is 23.7 Å². The van der Waals surface area contributed by atoms with E-state index in [4.69, 9.17) is 5.73 Å². The third-order valence-corrected chi connectivity index (χ3v) is 3.40. The summed E-state index contributed by atoms with van der Waals surface area (Å²) < 4.78 is 0. The van der Waals surface area contributed by atoms with Crippen LogP contribution in [0.2, 0.25) is 0 Å². The normalized spacial score (nSPS) is 9.38. The molecule has 2 aromatic rings. The standard InChI is InChI=1S/C13H16N4OS.2ClH/c1-9-16-11(8-19-9)3-2-4-13(18)17-10-5-6-12(14)15-7-10;;/h5-8H,2-4H2,1H3,(H2,14,15)(H,17,18);2*1H. The van der Waals surface area contributed by atoms with E-state index in [1.807, 2.05) is 12.3 Å². The zero-order chi connectivity index (χ0) is 13.7. The van der Waals surface area contributed by atoms with E-state index < -0.39 is 0 Å². The molecule has 5 nitrogen and oxygen atoms in total. The molecule has 8 heteroatoms. The maximum atomic E-state index is 11.7. The Kier molecular flexibility index (Phi) is 8.92. The molecule has 116 valence electrons. The van der Waals surface area contributed by atoms with Crippen LogP contribution in [-0.2, 0) is 11.2 Å². The van der Waals surface area contributed by atoms with Crippen molar-refractivity contribution in [3.63, 3.8) is 0 Å². The minimum Gasteiger partial charge on any atom is -0.384 e. The minimum absolute atomic E-state index is 0. The number of nitrogen functional groups attached to an aromatic ring is 1. The summed E-state index contributed by atoms with van der Waals surface area (Å²) in [4.78, 5) is 20.0. The fourth-order valence-electron chi connectivity index (χ4n) is 1.66. The van der Waals surface area contributed by atoms with E-state index in [1.54, 1.807) is 29.7 Å². The van der Waals surface area contributed by atoms with Gasteiger partial charge < -0.3 is 11.1 Å². The number of pyridine rings is 1. The highest BCUT2D eigenvalue weighted by Crippen LogP contribution is 2.12. The van der Waals surface area contributed by atoms with Gasteiger partial charge in [0.15, 0.2) is 0 Å². The number of nitrogens with one attached hydrogen (secondary N) is 1. The molecule has 3 N–H and O–H groups in total. The van der Waals surface area contributed by atoms with Crippen LogP contribution in [0.25, 0.3) is 0 Å². The first-order valence-electron chi connectivity index (χ1n) is 6.06. The van der Waals surface area contributed by atoms with Crippen molar-refractivity contribution in [3.8, 4) is 0 Å². The van der Waals surface area contributed by atoms with Crippen LogP contribution < -0.4 is 11.1 Å². The second-order valence-corrected chi connectivity index (χ2v) is 5.29. The highest BCUT2D eigenvalue weighted by Gasteiger charge is 2.04. The lowest BCUT2D eigenvalue weighted by atomic mass is 10.2. The second-order valence-electron chi connectivity index (χ2n) is 4.23. The van der Waals surface area contributed by atoms with Crippen molar-refractivity contribution in [3.05, 3.63) is 34.4 Å². The number of amides is 1. The summed E-state index contributed by atoms with van der Waals surface area (Å²) >= 11 is 1.64. The zero-order valence-corrected chi connectivity index (χ0v) is 14.0. The number of carbonyl (C=O) groups is 1. The average molecular weight is 349 g/mol. The van der Waals surface area contributed by atoms with Gasteiger partial charge in [-0.2, -0.15) is 0 Å². The lowest BCUT2D eigenvalue weighted by molar-refractivity contribution is -0.116. The first kappa shape index (κ1) is 19.6. The van der Waals surface area contributed by atoms with E-state index in [1.165, 1.54) is 0 Å². The Balaban J connectivity index is 0.00000200. The highest BCUT2D eigenvalue weighted by atomic mass is 35.5. The smallest absolute Gasteiger partial charge is 0.224 e. The fourth-order valence-corrected chi connectivity index (χ4v) is 2.30. The van der Waals surface area contributed by atoms with Gasteiger partial charge in [0, 0.05) is 11.8 Å². The summed E-state index contributed by atoms with van der Waals surface area (Å²) in [6, 6.07) is 3.40. The fraction of sp³-hybridized carbons (Fsp3) is 0.308. The van der Waals surface area contributed by atoms with Gasteiger partial charge in [-0.05, 0) is 31.9 Å². The highest BCUT2D eigenvalue weighted by molar-refractivity contribution is 7.09. The Bertz CT molecular complexity index is 560. The number of thiazole rings is 1. The molecular formula is C13H18Cl2N4OS. The second kappa shape index (κ2) is 9.55. The van der Waals surface area contributed by atoms with Crippen molar-refractivity contribution in [1.82, 2.24) is 9.97 Å². The number of hydrogen-bond acceptors (Lipinski definition) is 5. The third kappa shape index (κ3) is 6.75. The molecule has 0 saturated heterocycles. The van der Waals surface area contributed by atoms with Crippen LogP contribution in [0.1, 0.15) is 23.5 Å². The molecule has 2 rings (SSSR count). The summed E-state index contributed by atoms with van der Waals surface area (Å²) in [5.41, 5.74) is 7.20. The molecule has 0 radical (unpaired) electrons. The van der Waals surface area contributed by atoms with E-state index in [-0.39, 0.29) is 30.7 Å². The molecule has 0 fully saturated rings. The lowest BCUT2D eigenvalue weighted by Gasteiger charge is -2.04. The molecule has 0 aliphatic rings. The van der Waals surface area contributed by atoms with Gasteiger partial charge in [-0.1, -0.05) is 0 Å². The molecular weight excluding hydrogens is 331 g/mol. The van der Waals surface area contributed by atoms with E-state index >= 15 is 0 Å². The monoisotopic (exact) mass is 348 g/mol. The predicted molar refractivity (Wildman–Crippen MR) is 91.6 cm³/mol. The molecule has 0 aliphatic heterocycles. The number of rotatable bonds is 5. The van der Waals surface area contributed by atoms with Gasteiger partial charge in [-0.25, -0.2) is 9.97 Å². The van der Waals surface area contributed by atoms with Crippen molar-refractivity contribution in [2.75, 3.05) is 11.1 Å². The molecule has 0 aromatic carbocycles. The number of nitrogens with two attached hydrogens (primary N) is 1. The molecule has 0 saturated carbocycles. The summed E-state index contributed by atoms with van der Waals surface area (Å²) in [5, 5.41) is 5.89. The van der Waals surface area contributed by atoms with Gasteiger partial charge in [0.1, 0.15) is 5.82 Å². The first-order chi connectivity index (χ1) is 9.13. The SMILES string of the molecule is Cc1nc(CCCC(=O)Nc2ccc(N)nc2)cs1.Cl.Cl. The largest absolute Gasteiger partial charge is 0.384 e. The quantitative estimate of drug-likeness (QED) is 0.868. The summed E-state index contributed by atoms with van der Waals surface area (Å²) in [5.74, 6) is 0.426. The van der Waals surface area contributed by atoms with Gasteiger partial charge in [-0.15, -0.1) is 36.2 Å². The van der Waals surface area contributed by atoms with Gasteiger partial charge in [-0.3, -0.25) is 4.79 Å². The van der Waals surface area contributed by atoms with Crippen LogP contribution in [0.4, 0.5) is 11.5 Å². The summed E-state index contributed by atoms with van der Waals surface area (Å²) in [6.45, 7) is 1.98. The van der Waals surface area contributed by atoms with Crippen LogP contribution in [-0.4, -0.2) is 15.9 Å². The Hall–Kier alpha value is -1.37. The molecule has 0 spiro atoms. The van der Waals surface area contributed by atoms with E-state index in [9.17, 15) is 4.79 Å². The van der Waals surface area contributed by atoms with Crippen molar-refractivity contribution < 1.29 is 4.79 Å². The van der Waals surface area contributed by atoms with Gasteiger partial charge in [0.2, 0.25) is 5.91 Å². The maximum Gasteiger partial charge on any atom is 0.224 e. The van der Waals surface area contributed by atoms with Crippen molar-refractivity contribution >= 4 is 53.6 Å². The molecule has 2 heterocycles. The topological polar surface area (TPSA) is 80.9 Å². The van der Waals surface area contributed by atoms with E-state index in [2.05, 4.69) is 15.3 Å². The third-order valence-electron chi connectivity index (χ3n) is 2.57. The molecule has 0 bridgehead atoms. The van der Waals surface area contributed by atoms with Crippen molar-refractivity contribution in [2.24, 2.45) is 0 Å². The molecule has 21 heavy (non-hydrogen) atoms. The van der Waals surface area contributed by atoms with Gasteiger partial charge >= 0.3 is 0 Å². The van der Waals surface area contributed by atoms with Crippen molar-refractivity contribution in [1.29, 1.82) is 0 Å². The Morgan fingerprint density at radius 1 is 1.38 bits per heavy atom. The van der Waals surface area contributed by atoms with Crippen LogP contribution in [0.5, 0.6) is 0 Å². The Labute approximate surface area is 140 Å². The molecule has 2 aromatic heterocycles. The number of nitrogens with zero attached hydrogens (tertiary/aromatic N) is 2. The molecule has 1 amide bonds. The summed E-state index contributed by atoms with van der Waals surface area (Å²) in [6.07, 6.45) is 3.65. The molecule has 0 unspecified atom stereocenters. The number of aryl methyl sites for hydroxylation is 2. The Morgan fingerprint density at radius 3 is 2.71 bits per heavy atom. The lowest BCUT2D eigenvalue weighted by Crippen LogP contribution is -2.11. The molecule has 0 atom stereocenters. The number of halogens is 2. The van der Waals surface area contributed by atoms with E-state index in [0.29, 0.717) is 17.9 Å². The van der Waals surface area contributed by atoms with Gasteiger partial charge in [0.25, 0.3) is 0 Å². The number of carbonyl (C=O) groups excluding carboxylic acids is 1. The van der Waals surface area contributed by atoms with Crippen LogP contribution >= 0.6 is 36.2 Å². The van der Waals surface area contributed by atoms with E-state index in [0.717, 1.165) is 23.5 Å².